The molecule has 0 saturated carbocycles. The predicted octanol–water partition coefficient (Wildman–Crippen LogP) is 15.2. The molecule has 0 unspecified atom stereocenters. The fraction of sp³-hybridized carbons (Fsp3) is 0. The number of hydrogen-bond donors (Lipinski definition) is 0. The molecular formula is C52H32N2S2. The molecule has 0 fully saturated rings. The number of rotatable bonds is 6. The Morgan fingerprint density at radius 2 is 0.661 bits per heavy atom. The molecule has 0 atom stereocenters. The molecule has 0 saturated heterocycles. The lowest BCUT2D eigenvalue weighted by Gasteiger charge is -2.11. The van der Waals surface area contributed by atoms with E-state index in [0.29, 0.717) is 5.82 Å². The zero-order valence-corrected chi connectivity index (χ0v) is 31.8. The van der Waals surface area contributed by atoms with Crippen LogP contribution in [0.15, 0.2) is 194 Å². The topological polar surface area (TPSA) is 25.8 Å². The van der Waals surface area contributed by atoms with Crippen LogP contribution in [0, 0.1) is 0 Å². The van der Waals surface area contributed by atoms with Gasteiger partial charge in [0.2, 0.25) is 0 Å². The van der Waals surface area contributed by atoms with Gasteiger partial charge in [0.1, 0.15) is 0 Å². The molecule has 56 heavy (non-hydrogen) atoms. The second-order valence-electron chi connectivity index (χ2n) is 14.2. The van der Waals surface area contributed by atoms with Gasteiger partial charge >= 0.3 is 0 Å². The van der Waals surface area contributed by atoms with Gasteiger partial charge in [0.25, 0.3) is 0 Å². The second kappa shape index (κ2) is 13.5. The summed E-state index contributed by atoms with van der Waals surface area (Å²) in [5, 5.41) is 5.26. The number of fused-ring (bicyclic) bond motifs is 6. The third-order valence-electron chi connectivity index (χ3n) is 10.7. The smallest absolute Gasteiger partial charge is 0.160 e. The van der Waals surface area contributed by atoms with E-state index in [1.165, 1.54) is 68.2 Å². The van der Waals surface area contributed by atoms with E-state index in [1.807, 2.05) is 40.9 Å². The van der Waals surface area contributed by atoms with Crippen molar-refractivity contribution in [3.63, 3.8) is 0 Å². The molecule has 0 spiro atoms. The Kier molecular flexibility index (Phi) is 7.90. The van der Waals surface area contributed by atoms with Gasteiger partial charge in [-0.1, -0.05) is 146 Å². The Labute approximate surface area is 332 Å². The van der Waals surface area contributed by atoms with Crippen LogP contribution in [-0.4, -0.2) is 9.97 Å². The third kappa shape index (κ3) is 5.88. The molecule has 0 radical (unpaired) electrons. The van der Waals surface area contributed by atoms with Gasteiger partial charge in [-0.2, -0.15) is 0 Å². The Bertz CT molecular complexity index is 3230. The van der Waals surface area contributed by atoms with E-state index < -0.39 is 0 Å². The van der Waals surface area contributed by atoms with Gasteiger partial charge < -0.3 is 0 Å². The molecule has 11 rings (SSSR count). The van der Waals surface area contributed by atoms with E-state index in [-0.39, 0.29) is 0 Å². The minimum absolute atomic E-state index is 0.711. The lowest BCUT2D eigenvalue weighted by Crippen LogP contribution is -1.96. The lowest BCUT2D eigenvalue weighted by atomic mass is 9.97. The molecule has 4 heteroatoms. The zero-order valence-electron chi connectivity index (χ0n) is 30.2. The number of benzene rings is 8. The van der Waals surface area contributed by atoms with Gasteiger partial charge in [-0.05, 0) is 81.9 Å². The largest absolute Gasteiger partial charge is 0.228 e. The van der Waals surface area contributed by atoms with Crippen molar-refractivity contribution in [1.29, 1.82) is 0 Å². The maximum atomic E-state index is 5.13. The summed E-state index contributed by atoms with van der Waals surface area (Å²) in [5.74, 6) is 0.711. The molecule has 0 aliphatic heterocycles. The molecule has 0 bridgehead atoms. The van der Waals surface area contributed by atoms with E-state index in [0.717, 1.165) is 33.6 Å². The van der Waals surface area contributed by atoms with Crippen LogP contribution in [0.3, 0.4) is 0 Å². The number of aromatic nitrogens is 2. The monoisotopic (exact) mass is 748 g/mol. The van der Waals surface area contributed by atoms with E-state index in [9.17, 15) is 0 Å². The van der Waals surface area contributed by atoms with Crippen molar-refractivity contribution in [2.24, 2.45) is 0 Å². The summed E-state index contributed by atoms with van der Waals surface area (Å²) in [6.45, 7) is 0. The fourth-order valence-electron chi connectivity index (χ4n) is 7.82. The summed E-state index contributed by atoms with van der Waals surface area (Å²) in [4.78, 5) is 10.2. The van der Waals surface area contributed by atoms with Crippen LogP contribution in [0.2, 0.25) is 0 Å². The highest BCUT2D eigenvalue weighted by Crippen LogP contribution is 2.39. The minimum Gasteiger partial charge on any atom is -0.228 e. The van der Waals surface area contributed by atoms with Crippen LogP contribution < -0.4 is 0 Å². The highest BCUT2D eigenvalue weighted by Gasteiger charge is 2.14. The zero-order chi connectivity index (χ0) is 37.0. The van der Waals surface area contributed by atoms with Crippen molar-refractivity contribution < 1.29 is 0 Å². The van der Waals surface area contributed by atoms with Crippen LogP contribution in [0.4, 0.5) is 0 Å². The van der Waals surface area contributed by atoms with Crippen LogP contribution in [0.25, 0.3) is 108 Å². The van der Waals surface area contributed by atoms with Crippen LogP contribution in [0.5, 0.6) is 0 Å². The van der Waals surface area contributed by atoms with Gasteiger partial charge in [-0.15, -0.1) is 22.7 Å². The van der Waals surface area contributed by atoms with Gasteiger partial charge in [-0.3, -0.25) is 0 Å². The summed E-state index contributed by atoms with van der Waals surface area (Å²) >= 11 is 3.70. The molecule has 8 aromatic carbocycles. The SMILES string of the molecule is c1ccc(-c2nc(-c3ccc(-c4ccc(-c5ccc6sc7ccccc7c6c5)cc4)cc3)cc(-c3cccc(-c4ccc5sc6ccccc6c5c4)c3)n2)cc1. The highest BCUT2D eigenvalue weighted by molar-refractivity contribution is 7.26. The van der Waals surface area contributed by atoms with Crippen LogP contribution >= 0.6 is 22.7 Å². The third-order valence-corrected chi connectivity index (χ3v) is 13.0. The van der Waals surface area contributed by atoms with Crippen molar-refractivity contribution >= 4 is 63.0 Å². The molecule has 2 nitrogen and oxygen atoms in total. The predicted molar refractivity (Wildman–Crippen MR) is 240 cm³/mol. The molecule has 0 N–H and O–H groups in total. The first-order valence-corrected chi connectivity index (χ1v) is 20.4. The molecule has 3 heterocycles. The molecule has 262 valence electrons. The molecule has 0 aliphatic carbocycles. The Morgan fingerprint density at radius 3 is 1.27 bits per heavy atom. The summed E-state index contributed by atoms with van der Waals surface area (Å²) in [5.41, 5.74) is 12.0. The first-order chi connectivity index (χ1) is 27.7. The standard InChI is InChI=1S/C52H32N2S2/c1-2-9-37(10-3-1)52-53-46(32-47(54-52)41-12-8-11-38(29-41)40-26-28-51-45(31-40)43-14-5-7-16-49(43)56-51)36-23-21-34(22-24-36)33-17-19-35(20-18-33)39-25-27-50-44(30-39)42-13-4-6-15-48(42)55-50/h1-32H. The molecular weight excluding hydrogens is 717 g/mol. The van der Waals surface area contributed by atoms with Crippen LogP contribution in [-0.2, 0) is 0 Å². The van der Waals surface area contributed by atoms with Gasteiger partial charge in [0.05, 0.1) is 11.4 Å². The van der Waals surface area contributed by atoms with Gasteiger partial charge in [-0.25, -0.2) is 9.97 Å². The quantitative estimate of drug-likeness (QED) is 0.169. The van der Waals surface area contributed by atoms with E-state index in [2.05, 4.69) is 176 Å². The first-order valence-electron chi connectivity index (χ1n) is 18.8. The first kappa shape index (κ1) is 32.7. The maximum absolute atomic E-state index is 5.13. The van der Waals surface area contributed by atoms with Crippen molar-refractivity contribution in [2.45, 2.75) is 0 Å². The lowest BCUT2D eigenvalue weighted by molar-refractivity contribution is 1.18. The molecule has 0 aliphatic rings. The number of thiophene rings is 2. The minimum atomic E-state index is 0.711. The van der Waals surface area contributed by atoms with Crippen LogP contribution in [0.1, 0.15) is 0 Å². The highest BCUT2D eigenvalue weighted by atomic mass is 32.1. The van der Waals surface area contributed by atoms with Crippen molar-refractivity contribution in [1.82, 2.24) is 9.97 Å². The average molecular weight is 749 g/mol. The fourth-order valence-corrected chi connectivity index (χ4v) is 9.99. The Hall–Kier alpha value is -6.72. The second-order valence-corrected chi connectivity index (χ2v) is 16.3. The normalized spacial score (nSPS) is 11.6. The molecule has 3 aromatic heterocycles. The van der Waals surface area contributed by atoms with E-state index in [1.54, 1.807) is 0 Å². The summed E-state index contributed by atoms with van der Waals surface area (Å²) < 4.78 is 5.29. The van der Waals surface area contributed by atoms with Crippen molar-refractivity contribution in [2.75, 3.05) is 0 Å². The number of hydrogen-bond acceptors (Lipinski definition) is 4. The summed E-state index contributed by atoms with van der Waals surface area (Å²) in [7, 11) is 0. The Balaban J connectivity index is 0.921. The van der Waals surface area contributed by atoms with E-state index in [4.69, 9.17) is 9.97 Å². The summed E-state index contributed by atoms with van der Waals surface area (Å²) in [6, 6.07) is 69.8. The average Bonchev–Trinajstić information content (AvgIpc) is 3.84. The maximum Gasteiger partial charge on any atom is 0.160 e. The summed E-state index contributed by atoms with van der Waals surface area (Å²) in [6.07, 6.45) is 0. The number of nitrogens with zero attached hydrogens (tertiary/aromatic N) is 2. The molecule has 0 amide bonds. The Morgan fingerprint density at radius 1 is 0.250 bits per heavy atom. The van der Waals surface area contributed by atoms with Crippen molar-refractivity contribution in [3.8, 4) is 67.3 Å². The van der Waals surface area contributed by atoms with Crippen molar-refractivity contribution in [3.05, 3.63) is 194 Å². The molecule has 11 aromatic rings. The van der Waals surface area contributed by atoms with Gasteiger partial charge in [0, 0.05) is 57.0 Å². The van der Waals surface area contributed by atoms with Gasteiger partial charge in [0.15, 0.2) is 5.82 Å². The van der Waals surface area contributed by atoms with E-state index >= 15 is 0 Å².